The summed E-state index contributed by atoms with van der Waals surface area (Å²) in [5.41, 5.74) is 0.699. The Morgan fingerprint density at radius 3 is 2.83 bits per heavy atom. The minimum Gasteiger partial charge on any atom is -0.294 e. The Hall–Kier alpha value is -1.26. The smallest absolute Gasteiger partial charge is 0.170 e. The molecule has 5 heteroatoms. The first kappa shape index (κ1) is 13.2. The van der Waals surface area contributed by atoms with Crippen molar-refractivity contribution in [3.8, 4) is 0 Å². The molecule has 18 heavy (non-hydrogen) atoms. The molecule has 0 bridgehead atoms. The van der Waals surface area contributed by atoms with Crippen LogP contribution in [0.5, 0.6) is 0 Å². The zero-order valence-corrected chi connectivity index (χ0v) is 11.5. The first-order valence-electron chi connectivity index (χ1n) is 5.14. The monoisotopic (exact) mass is 327 g/mol. The van der Waals surface area contributed by atoms with Crippen LogP contribution in [0.2, 0.25) is 5.02 Å². The lowest BCUT2D eigenvalue weighted by Crippen LogP contribution is -2.06. The van der Waals surface area contributed by atoms with E-state index < -0.39 is 5.82 Å². The van der Waals surface area contributed by atoms with Crippen LogP contribution in [0, 0.1) is 5.82 Å². The van der Waals surface area contributed by atoms with E-state index in [1.807, 2.05) is 0 Å². The SMILES string of the molecule is O=C(Cc1ccncc1Cl)c1ccc(Br)cc1F. The standard InChI is InChI=1S/C13H8BrClFNO/c14-9-1-2-10(12(16)6-9)13(18)5-8-3-4-17-7-11(8)15/h1-4,6-7H,5H2. The van der Waals surface area contributed by atoms with E-state index in [0.29, 0.717) is 15.1 Å². The Kier molecular flexibility index (Phi) is 4.09. The summed E-state index contributed by atoms with van der Waals surface area (Å²) >= 11 is 9.05. The highest BCUT2D eigenvalue weighted by Crippen LogP contribution is 2.19. The van der Waals surface area contributed by atoms with E-state index in [0.717, 1.165) is 0 Å². The van der Waals surface area contributed by atoms with Gasteiger partial charge >= 0.3 is 0 Å². The topological polar surface area (TPSA) is 30.0 Å². The summed E-state index contributed by atoms with van der Waals surface area (Å²) in [4.78, 5) is 15.8. The molecule has 0 aliphatic heterocycles. The number of Topliss-reactive ketones (excluding diaryl/α,β-unsaturated/α-hetero) is 1. The van der Waals surface area contributed by atoms with Gasteiger partial charge < -0.3 is 0 Å². The number of aromatic nitrogens is 1. The zero-order valence-electron chi connectivity index (χ0n) is 9.16. The number of rotatable bonds is 3. The van der Waals surface area contributed by atoms with E-state index in [-0.39, 0.29) is 17.8 Å². The molecular formula is C13H8BrClFNO. The number of ketones is 1. The van der Waals surface area contributed by atoms with E-state index in [4.69, 9.17) is 11.6 Å². The van der Waals surface area contributed by atoms with Crippen LogP contribution in [-0.4, -0.2) is 10.8 Å². The second kappa shape index (κ2) is 5.59. The summed E-state index contributed by atoms with van der Waals surface area (Å²) in [5, 5.41) is 0.406. The van der Waals surface area contributed by atoms with E-state index >= 15 is 0 Å². The lowest BCUT2D eigenvalue weighted by atomic mass is 10.0. The molecule has 1 aromatic carbocycles. The predicted molar refractivity (Wildman–Crippen MR) is 71.4 cm³/mol. The van der Waals surface area contributed by atoms with Crippen LogP contribution in [0.15, 0.2) is 41.1 Å². The van der Waals surface area contributed by atoms with Crippen LogP contribution in [0.25, 0.3) is 0 Å². The Labute approximate surface area is 117 Å². The lowest BCUT2D eigenvalue weighted by molar-refractivity contribution is 0.0989. The van der Waals surface area contributed by atoms with Gasteiger partial charge in [0, 0.05) is 23.3 Å². The second-order valence-electron chi connectivity index (χ2n) is 3.69. The molecule has 1 aromatic heterocycles. The Morgan fingerprint density at radius 2 is 2.17 bits per heavy atom. The summed E-state index contributed by atoms with van der Waals surface area (Å²) < 4.78 is 14.2. The number of halogens is 3. The maximum Gasteiger partial charge on any atom is 0.170 e. The normalized spacial score (nSPS) is 10.4. The molecule has 0 unspecified atom stereocenters. The third-order valence-electron chi connectivity index (χ3n) is 2.44. The van der Waals surface area contributed by atoms with Crippen molar-refractivity contribution in [2.45, 2.75) is 6.42 Å². The highest BCUT2D eigenvalue weighted by molar-refractivity contribution is 9.10. The highest BCUT2D eigenvalue weighted by Gasteiger charge is 2.14. The van der Waals surface area contributed by atoms with E-state index in [1.54, 1.807) is 18.3 Å². The van der Waals surface area contributed by atoms with Gasteiger partial charge in [0.05, 0.1) is 10.6 Å². The fraction of sp³-hybridized carbons (Fsp3) is 0.0769. The molecule has 0 aliphatic carbocycles. The molecule has 0 fully saturated rings. The number of hydrogen-bond donors (Lipinski definition) is 0. The van der Waals surface area contributed by atoms with E-state index in [1.165, 1.54) is 18.3 Å². The maximum atomic E-state index is 13.6. The van der Waals surface area contributed by atoms with Crippen molar-refractivity contribution in [3.05, 3.63) is 63.1 Å². The molecular weight excluding hydrogens is 321 g/mol. The summed E-state index contributed by atoms with van der Waals surface area (Å²) in [6.07, 6.45) is 3.06. The number of nitrogens with zero attached hydrogens (tertiary/aromatic N) is 1. The van der Waals surface area contributed by atoms with E-state index in [2.05, 4.69) is 20.9 Å². The minimum atomic E-state index is -0.542. The second-order valence-corrected chi connectivity index (χ2v) is 5.01. The maximum absolute atomic E-state index is 13.6. The largest absolute Gasteiger partial charge is 0.294 e. The molecule has 0 radical (unpaired) electrons. The van der Waals surface area contributed by atoms with Gasteiger partial charge in [-0.3, -0.25) is 9.78 Å². The van der Waals surface area contributed by atoms with Crippen molar-refractivity contribution in [2.75, 3.05) is 0 Å². The van der Waals surface area contributed by atoms with Crippen molar-refractivity contribution >= 4 is 33.3 Å². The average Bonchev–Trinajstić information content (AvgIpc) is 2.32. The molecule has 0 spiro atoms. The fourth-order valence-electron chi connectivity index (χ4n) is 1.53. The number of carbonyl (C=O) groups is 1. The zero-order chi connectivity index (χ0) is 13.1. The molecule has 92 valence electrons. The molecule has 2 nitrogen and oxygen atoms in total. The number of benzene rings is 1. The van der Waals surface area contributed by atoms with Gasteiger partial charge in [0.15, 0.2) is 5.78 Å². The molecule has 2 rings (SSSR count). The van der Waals surface area contributed by atoms with Gasteiger partial charge in [0.2, 0.25) is 0 Å². The van der Waals surface area contributed by atoms with Crippen LogP contribution < -0.4 is 0 Å². The van der Waals surface area contributed by atoms with Crippen LogP contribution in [0.4, 0.5) is 4.39 Å². The summed E-state index contributed by atoms with van der Waals surface area (Å²) in [6, 6.07) is 6.00. The summed E-state index contributed by atoms with van der Waals surface area (Å²) in [6.45, 7) is 0. The fourth-order valence-corrected chi connectivity index (χ4v) is 2.05. The summed E-state index contributed by atoms with van der Waals surface area (Å²) in [7, 11) is 0. The van der Waals surface area contributed by atoms with Crippen molar-refractivity contribution in [1.82, 2.24) is 4.98 Å². The first-order chi connectivity index (χ1) is 8.58. The molecule has 0 saturated heterocycles. The quantitative estimate of drug-likeness (QED) is 0.795. The van der Waals surface area contributed by atoms with Crippen LogP contribution in [-0.2, 0) is 6.42 Å². The average molecular weight is 329 g/mol. The number of pyridine rings is 1. The van der Waals surface area contributed by atoms with Gasteiger partial charge in [0.25, 0.3) is 0 Å². The van der Waals surface area contributed by atoms with Gasteiger partial charge in [0.1, 0.15) is 5.82 Å². The van der Waals surface area contributed by atoms with Crippen LogP contribution in [0.3, 0.4) is 0 Å². The Bertz CT molecular complexity index is 603. The van der Waals surface area contributed by atoms with Crippen molar-refractivity contribution in [2.24, 2.45) is 0 Å². The number of hydrogen-bond acceptors (Lipinski definition) is 2. The molecule has 0 saturated carbocycles. The summed E-state index contributed by atoms with van der Waals surface area (Å²) in [5.74, 6) is -0.854. The first-order valence-corrected chi connectivity index (χ1v) is 6.31. The van der Waals surface area contributed by atoms with Gasteiger partial charge in [-0.05, 0) is 29.8 Å². The third kappa shape index (κ3) is 2.94. The molecule has 2 aromatic rings. The lowest BCUT2D eigenvalue weighted by Gasteiger charge is -2.04. The Balaban J connectivity index is 2.25. The molecule has 0 amide bonds. The third-order valence-corrected chi connectivity index (χ3v) is 3.27. The van der Waals surface area contributed by atoms with Gasteiger partial charge in [-0.25, -0.2) is 4.39 Å². The van der Waals surface area contributed by atoms with Gasteiger partial charge in [-0.15, -0.1) is 0 Å². The molecule has 0 aliphatic rings. The van der Waals surface area contributed by atoms with Crippen LogP contribution in [0.1, 0.15) is 15.9 Å². The van der Waals surface area contributed by atoms with Crippen LogP contribution >= 0.6 is 27.5 Å². The van der Waals surface area contributed by atoms with E-state index in [9.17, 15) is 9.18 Å². The van der Waals surface area contributed by atoms with Gasteiger partial charge in [-0.2, -0.15) is 0 Å². The van der Waals surface area contributed by atoms with Crippen molar-refractivity contribution in [1.29, 1.82) is 0 Å². The van der Waals surface area contributed by atoms with Gasteiger partial charge in [-0.1, -0.05) is 27.5 Å². The molecule has 0 N–H and O–H groups in total. The molecule has 1 heterocycles. The highest BCUT2D eigenvalue weighted by atomic mass is 79.9. The van der Waals surface area contributed by atoms with Crippen molar-refractivity contribution < 1.29 is 9.18 Å². The number of carbonyl (C=O) groups excluding carboxylic acids is 1. The predicted octanol–water partition coefficient (Wildman–Crippen LogP) is 4.06. The Morgan fingerprint density at radius 1 is 1.39 bits per heavy atom. The van der Waals surface area contributed by atoms with Crippen molar-refractivity contribution in [3.63, 3.8) is 0 Å². The minimum absolute atomic E-state index is 0.0555. The molecule has 0 atom stereocenters.